The van der Waals surface area contributed by atoms with Crippen LogP contribution in [0.5, 0.6) is 11.5 Å². The van der Waals surface area contributed by atoms with Crippen molar-refractivity contribution in [3.8, 4) is 11.5 Å². The van der Waals surface area contributed by atoms with E-state index in [9.17, 15) is 15.0 Å². The zero-order chi connectivity index (χ0) is 18.6. The molecule has 7 heteroatoms. The van der Waals surface area contributed by atoms with Crippen molar-refractivity contribution in [3.63, 3.8) is 0 Å². The molecule has 1 heterocycles. The minimum absolute atomic E-state index is 0.0217. The van der Waals surface area contributed by atoms with Crippen LogP contribution in [0.1, 0.15) is 60.6 Å². The van der Waals surface area contributed by atoms with E-state index in [2.05, 4.69) is 11.9 Å². The van der Waals surface area contributed by atoms with Gasteiger partial charge in [0.05, 0.1) is 15.7 Å². The first-order valence-electron chi connectivity index (χ1n) is 8.18. The summed E-state index contributed by atoms with van der Waals surface area (Å²) >= 11 is 17.7. The number of aromatic hydroxyl groups is 2. The van der Waals surface area contributed by atoms with Crippen LogP contribution in [0.4, 0.5) is 0 Å². The molecule has 0 radical (unpaired) electrons. The van der Waals surface area contributed by atoms with Crippen molar-refractivity contribution in [2.24, 2.45) is 0 Å². The van der Waals surface area contributed by atoms with Gasteiger partial charge in [-0.3, -0.25) is 4.79 Å². The summed E-state index contributed by atoms with van der Waals surface area (Å²) in [7, 11) is 0. The molecule has 0 fully saturated rings. The van der Waals surface area contributed by atoms with Crippen LogP contribution in [0.25, 0.3) is 0 Å². The zero-order valence-electron chi connectivity index (χ0n) is 13.8. The molecule has 0 bridgehead atoms. The number of aromatic nitrogens is 1. The molecule has 0 atom stereocenters. The molecule has 0 saturated heterocycles. The predicted molar refractivity (Wildman–Crippen MR) is 101 cm³/mol. The fourth-order valence-corrected chi connectivity index (χ4v) is 3.21. The quantitative estimate of drug-likeness (QED) is 0.366. The molecule has 0 aliphatic heterocycles. The highest BCUT2D eigenvalue weighted by Crippen LogP contribution is 2.39. The molecule has 0 saturated carbocycles. The first kappa shape index (κ1) is 20.0. The van der Waals surface area contributed by atoms with Crippen molar-refractivity contribution in [1.82, 2.24) is 4.98 Å². The van der Waals surface area contributed by atoms with E-state index in [4.69, 9.17) is 34.8 Å². The molecule has 0 unspecified atom stereocenters. The van der Waals surface area contributed by atoms with Gasteiger partial charge in [0.15, 0.2) is 0 Å². The molecule has 2 aromatic rings. The number of phenolic OH excluding ortho intramolecular Hbond substituents is 2. The maximum absolute atomic E-state index is 12.6. The van der Waals surface area contributed by atoms with Crippen molar-refractivity contribution in [2.45, 2.75) is 45.4 Å². The lowest BCUT2D eigenvalue weighted by Crippen LogP contribution is -2.05. The molecular weight excluding hydrogens is 385 g/mol. The monoisotopic (exact) mass is 403 g/mol. The molecule has 0 amide bonds. The second kappa shape index (κ2) is 8.84. The first-order valence-corrected chi connectivity index (χ1v) is 9.32. The Morgan fingerprint density at radius 3 is 2.28 bits per heavy atom. The van der Waals surface area contributed by atoms with E-state index >= 15 is 0 Å². The van der Waals surface area contributed by atoms with E-state index in [1.54, 1.807) is 0 Å². The summed E-state index contributed by atoms with van der Waals surface area (Å²) in [6.45, 7) is 2.14. The van der Waals surface area contributed by atoms with E-state index in [0.29, 0.717) is 12.0 Å². The number of carbonyl (C=O) groups excluding carboxylic acids is 1. The number of benzene rings is 1. The highest BCUT2D eigenvalue weighted by molar-refractivity contribution is 6.42. The molecule has 0 aliphatic rings. The van der Waals surface area contributed by atoms with Gasteiger partial charge in [-0.2, -0.15) is 0 Å². The second-order valence-corrected chi connectivity index (χ2v) is 7.12. The number of phenols is 2. The van der Waals surface area contributed by atoms with Crippen LogP contribution in [-0.4, -0.2) is 21.0 Å². The minimum atomic E-state index is -0.626. The van der Waals surface area contributed by atoms with Crippen molar-refractivity contribution < 1.29 is 15.0 Å². The van der Waals surface area contributed by atoms with E-state index < -0.39 is 11.5 Å². The van der Waals surface area contributed by atoms with Gasteiger partial charge in [-0.25, -0.2) is 0 Å². The number of halogens is 3. The Morgan fingerprint density at radius 1 is 1.00 bits per heavy atom. The number of unbranched alkanes of at least 4 members (excludes halogenated alkanes) is 4. The van der Waals surface area contributed by atoms with Gasteiger partial charge in [0, 0.05) is 0 Å². The normalized spacial score (nSPS) is 11.0. The Kier molecular flexibility index (Phi) is 7.05. The lowest BCUT2D eigenvalue weighted by molar-refractivity contribution is 0.102. The summed E-state index contributed by atoms with van der Waals surface area (Å²) in [6.07, 6.45) is 5.90. The summed E-state index contributed by atoms with van der Waals surface area (Å²) < 4.78 is 0. The highest BCUT2D eigenvalue weighted by Gasteiger charge is 2.25. The third kappa shape index (κ3) is 4.63. The molecule has 2 rings (SSSR count). The van der Waals surface area contributed by atoms with Crippen molar-refractivity contribution >= 4 is 40.6 Å². The van der Waals surface area contributed by atoms with E-state index in [0.717, 1.165) is 25.7 Å². The van der Waals surface area contributed by atoms with Gasteiger partial charge < -0.3 is 15.2 Å². The number of ketones is 1. The van der Waals surface area contributed by atoms with Crippen LogP contribution in [0.3, 0.4) is 0 Å². The zero-order valence-corrected chi connectivity index (χ0v) is 16.1. The Morgan fingerprint density at radius 2 is 1.68 bits per heavy atom. The Labute approximate surface area is 161 Å². The summed E-state index contributed by atoms with van der Waals surface area (Å²) in [4.78, 5) is 15.3. The average Bonchev–Trinajstić information content (AvgIpc) is 2.91. The van der Waals surface area contributed by atoms with E-state index in [-0.39, 0.29) is 32.2 Å². The van der Waals surface area contributed by atoms with Crippen LogP contribution < -0.4 is 0 Å². The third-order valence-electron chi connectivity index (χ3n) is 4.05. The summed E-state index contributed by atoms with van der Waals surface area (Å²) in [5, 5.41) is 21.0. The molecule has 25 heavy (non-hydrogen) atoms. The van der Waals surface area contributed by atoms with Crippen LogP contribution in [-0.2, 0) is 6.42 Å². The highest BCUT2D eigenvalue weighted by atomic mass is 35.5. The number of H-pyrrole nitrogens is 1. The van der Waals surface area contributed by atoms with Crippen molar-refractivity contribution in [2.75, 3.05) is 0 Å². The van der Waals surface area contributed by atoms with Gasteiger partial charge in [0.1, 0.15) is 22.2 Å². The predicted octanol–water partition coefficient (Wildman–Crippen LogP) is 6.13. The molecule has 136 valence electrons. The van der Waals surface area contributed by atoms with Crippen LogP contribution in [0.15, 0.2) is 12.1 Å². The maximum Gasteiger partial charge on any atom is 0.216 e. The molecule has 4 nitrogen and oxygen atoms in total. The second-order valence-electron chi connectivity index (χ2n) is 5.93. The van der Waals surface area contributed by atoms with Crippen LogP contribution in [0.2, 0.25) is 15.2 Å². The summed E-state index contributed by atoms with van der Waals surface area (Å²) in [5.74, 6) is -1.34. The number of rotatable bonds is 8. The van der Waals surface area contributed by atoms with Gasteiger partial charge in [-0.15, -0.1) is 0 Å². The number of aromatic amines is 1. The molecular formula is C18H20Cl3NO3. The number of aryl methyl sites for hydroxylation is 1. The maximum atomic E-state index is 12.6. The third-order valence-corrected chi connectivity index (χ3v) is 5.03. The fourth-order valence-electron chi connectivity index (χ4n) is 2.67. The number of nitrogens with one attached hydrogen (secondary N) is 1. The first-order chi connectivity index (χ1) is 11.9. The number of carbonyl (C=O) groups is 1. The molecule has 0 aliphatic carbocycles. The Bertz CT molecular complexity index is 752. The van der Waals surface area contributed by atoms with Gasteiger partial charge in [0.25, 0.3) is 0 Å². The minimum Gasteiger partial charge on any atom is -0.507 e. The number of hydrogen-bond acceptors (Lipinski definition) is 3. The molecule has 3 N–H and O–H groups in total. The summed E-state index contributed by atoms with van der Waals surface area (Å²) in [5.41, 5.74) is 0.355. The standard InChI is InChI=1S/C18H20Cl3NO3/c1-2-3-4-5-6-7-10-8-11(19)16(24)14(15(10)23)17(25)13-9-12(20)18(21)22-13/h8-9,22-24H,2-7H2,1H3. The lowest BCUT2D eigenvalue weighted by atomic mass is 9.98. The topological polar surface area (TPSA) is 73.3 Å². The lowest BCUT2D eigenvalue weighted by Gasteiger charge is -2.12. The molecule has 0 spiro atoms. The van der Waals surface area contributed by atoms with Gasteiger partial charge in [-0.05, 0) is 30.5 Å². The van der Waals surface area contributed by atoms with Crippen molar-refractivity contribution in [3.05, 3.63) is 44.2 Å². The van der Waals surface area contributed by atoms with Gasteiger partial charge >= 0.3 is 0 Å². The Hall–Kier alpha value is -1.36. The SMILES string of the molecule is CCCCCCCc1cc(Cl)c(O)c(C(=O)c2cc(Cl)c(Cl)[nH]2)c1O. The van der Waals surface area contributed by atoms with Crippen LogP contribution in [0, 0.1) is 0 Å². The van der Waals surface area contributed by atoms with E-state index in [1.165, 1.54) is 18.6 Å². The van der Waals surface area contributed by atoms with Gasteiger partial charge in [0.2, 0.25) is 5.78 Å². The largest absolute Gasteiger partial charge is 0.507 e. The van der Waals surface area contributed by atoms with Crippen LogP contribution >= 0.6 is 34.8 Å². The van der Waals surface area contributed by atoms with E-state index in [1.807, 2.05) is 0 Å². The fraction of sp³-hybridized carbons (Fsp3) is 0.389. The smallest absolute Gasteiger partial charge is 0.216 e. The number of hydrogen-bond donors (Lipinski definition) is 3. The Balaban J connectivity index is 2.29. The molecule has 1 aromatic carbocycles. The average molecular weight is 405 g/mol. The molecule has 1 aromatic heterocycles. The summed E-state index contributed by atoms with van der Waals surface area (Å²) in [6, 6.07) is 2.84. The van der Waals surface area contributed by atoms with Gasteiger partial charge in [-0.1, -0.05) is 67.4 Å². The van der Waals surface area contributed by atoms with Crippen molar-refractivity contribution in [1.29, 1.82) is 0 Å².